The van der Waals surface area contributed by atoms with Crippen molar-refractivity contribution in [3.63, 3.8) is 0 Å². The van der Waals surface area contributed by atoms with Crippen LogP contribution in [0.2, 0.25) is 0 Å². The fourth-order valence-corrected chi connectivity index (χ4v) is 1.32. The van der Waals surface area contributed by atoms with Crippen LogP contribution in [0, 0.1) is 0 Å². The van der Waals surface area contributed by atoms with E-state index in [9.17, 15) is 0 Å². The average molecular weight is 167 g/mol. The van der Waals surface area contributed by atoms with Crippen LogP contribution in [0.15, 0.2) is 0 Å². The van der Waals surface area contributed by atoms with Gasteiger partial charge in [0.15, 0.2) is 0 Å². The van der Waals surface area contributed by atoms with E-state index in [-0.39, 0.29) is 12.0 Å². The van der Waals surface area contributed by atoms with Crippen LogP contribution in [-0.2, 0) is 4.74 Å². The number of aliphatic hydroxyl groups excluding tert-OH is 2. The Morgan fingerprint density at radius 1 is 1.40 bits per heavy atom. The van der Waals surface area contributed by atoms with Gasteiger partial charge in [-0.05, 0) is 6.92 Å². The number of hydrogen-bond donors (Lipinski definition) is 2. The minimum Gasteiger partial charge on any atom is -0.388 e. The van der Waals surface area contributed by atoms with E-state index in [1.807, 2.05) is 0 Å². The topological polar surface area (TPSA) is 49.7 Å². The van der Waals surface area contributed by atoms with E-state index in [0.717, 1.165) is 0 Å². The van der Waals surface area contributed by atoms with Gasteiger partial charge in [-0.15, -0.1) is 11.6 Å². The Bertz CT molecular complexity index is 120. The first kappa shape index (κ1) is 8.27. The zero-order valence-corrected chi connectivity index (χ0v) is 6.45. The lowest BCUT2D eigenvalue weighted by Gasteiger charge is -2.10. The van der Waals surface area contributed by atoms with Crippen molar-refractivity contribution in [3.8, 4) is 0 Å². The smallest absolute Gasteiger partial charge is 0.110 e. The average Bonchev–Trinajstić information content (AvgIpc) is 2.17. The summed E-state index contributed by atoms with van der Waals surface area (Å²) in [5.74, 6) is 0.225. The van der Waals surface area contributed by atoms with Gasteiger partial charge in [0, 0.05) is 0 Å². The van der Waals surface area contributed by atoms with Crippen LogP contribution in [0.4, 0.5) is 0 Å². The van der Waals surface area contributed by atoms with Gasteiger partial charge in [0.2, 0.25) is 0 Å². The molecule has 4 heteroatoms. The van der Waals surface area contributed by atoms with Crippen LogP contribution >= 0.6 is 11.6 Å². The van der Waals surface area contributed by atoms with Gasteiger partial charge in [-0.1, -0.05) is 0 Å². The molecule has 0 radical (unpaired) electrons. The molecule has 1 unspecified atom stereocenters. The molecular weight excluding hydrogens is 156 g/mol. The lowest BCUT2D eigenvalue weighted by molar-refractivity contribution is 0.0297. The van der Waals surface area contributed by atoms with E-state index < -0.39 is 18.3 Å². The molecule has 1 saturated heterocycles. The highest BCUT2D eigenvalue weighted by Gasteiger charge is 2.39. The molecule has 0 aromatic carbocycles. The van der Waals surface area contributed by atoms with Gasteiger partial charge >= 0.3 is 0 Å². The monoisotopic (exact) mass is 166 g/mol. The summed E-state index contributed by atoms with van der Waals surface area (Å²) in [6, 6.07) is 0. The van der Waals surface area contributed by atoms with E-state index >= 15 is 0 Å². The maximum Gasteiger partial charge on any atom is 0.110 e. The first-order chi connectivity index (χ1) is 4.66. The normalized spacial score (nSPS) is 48.0. The van der Waals surface area contributed by atoms with Crippen molar-refractivity contribution in [2.24, 2.45) is 0 Å². The highest BCUT2D eigenvalue weighted by Crippen LogP contribution is 2.21. The Balaban J connectivity index is 2.53. The van der Waals surface area contributed by atoms with Crippen molar-refractivity contribution in [3.05, 3.63) is 0 Å². The highest BCUT2D eigenvalue weighted by molar-refractivity contribution is 6.18. The molecule has 1 heterocycles. The summed E-state index contributed by atoms with van der Waals surface area (Å²) in [5, 5.41) is 18.3. The summed E-state index contributed by atoms with van der Waals surface area (Å²) < 4.78 is 5.10. The molecule has 0 aromatic heterocycles. The van der Waals surface area contributed by atoms with Crippen LogP contribution in [0.25, 0.3) is 0 Å². The summed E-state index contributed by atoms with van der Waals surface area (Å²) in [6.07, 6.45) is -2.33. The molecule has 1 rings (SSSR count). The van der Waals surface area contributed by atoms with Crippen molar-refractivity contribution in [1.82, 2.24) is 0 Å². The first-order valence-corrected chi connectivity index (χ1v) is 3.78. The SMILES string of the molecule is C[C@@H]1O[C@H](CCl)[C@H](O)C1O. The largest absolute Gasteiger partial charge is 0.388 e. The number of ether oxygens (including phenoxy) is 1. The van der Waals surface area contributed by atoms with E-state index in [1.165, 1.54) is 0 Å². The third-order valence-corrected chi connectivity index (χ3v) is 2.06. The van der Waals surface area contributed by atoms with Gasteiger partial charge in [0.25, 0.3) is 0 Å². The fraction of sp³-hybridized carbons (Fsp3) is 1.00. The fourth-order valence-electron chi connectivity index (χ4n) is 1.06. The van der Waals surface area contributed by atoms with Crippen LogP contribution in [0.1, 0.15) is 6.92 Å². The van der Waals surface area contributed by atoms with Crippen LogP contribution < -0.4 is 0 Å². The van der Waals surface area contributed by atoms with Gasteiger partial charge < -0.3 is 14.9 Å². The van der Waals surface area contributed by atoms with E-state index in [4.69, 9.17) is 26.6 Å². The quantitative estimate of drug-likeness (QED) is 0.528. The van der Waals surface area contributed by atoms with E-state index in [1.54, 1.807) is 6.92 Å². The molecule has 1 aliphatic rings. The van der Waals surface area contributed by atoms with Crippen LogP contribution in [0.3, 0.4) is 0 Å². The molecular formula is C6H11ClO3. The molecule has 2 N–H and O–H groups in total. The van der Waals surface area contributed by atoms with Gasteiger partial charge in [0.05, 0.1) is 18.1 Å². The standard InChI is InChI=1S/C6H11ClO3/c1-3-5(8)6(9)4(2-7)10-3/h3-6,8-9H,2H2,1H3/t3-,4+,5?,6-/m0/s1. The summed E-state index contributed by atoms with van der Waals surface area (Å²) in [6.45, 7) is 1.71. The van der Waals surface area contributed by atoms with Crippen molar-refractivity contribution in [2.45, 2.75) is 31.3 Å². The second-order valence-corrected chi connectivity index (χ2v) is 2.82. The Labute approximate surface area is 64.6 Å². The predicted molar refractivity (Wildman–Crippen MR) is 37.1 cm³/mol. The zero-order valence-electron chi connectivity index (χ0n) is 5.70. The number of rotatable bonds is 1. The minimum atomic E-state index is -0.826. The third kappa shape index (κ3) is 1.27. The van der Waals surface area contributed by atoms with Crippen LogP contribution in [0.5, 0.6) is 0 Å². The van der Waals surface area contributed by atoms with Gasteiger partial charge in [-0.3, -0.25) is 0 Å². The number of hydrogen-bond acceptors (Lipinski definition) is 3. The second kappa shape index (κ2) is 3.05. The van der Waals surface area contributed by atoms with E-state index in [0.29, 0.717) is 0 Å². The molecule has 0 aromatic rings. The highest BCUT2D eigenvalue weighted by atomic mass is 35.5. The number of halogens is 1. The van der Waals surface area contributed by atoms with Gasteiger partial charge in [0.1, 0.15) is 12.2 Å². The van der Waals surface area contributed by atoms with E-state index in [2.05, 4.69) is 0 Å². The molecule has 60 valence electrons. The maximum absolute atomic E-state index is 9.17. The molecule has 0 saturated carbocycles. The Kier molecular flexibility index (Phi) is 2.52. The molecule has 0 aliphatic carbocycles. The van der Waals surface area contributed by atoms with Crippen molar-refractivity contribution in [1.29, 1.82) is 0 Å². The molecule has 0 spiro atoms. The van der Waals surface area contributed by atoms with Crippen molar-refractivity contribution in [2.75, 3.05) is 5.88 Å². The number of alkyl halides is 1. The Morgan fingerprint density at radius 3 is 2.20 bits per heavy atom. The molecule has 3 nitrogen and oxygen atoms in total. The Morgan fingerprint density at radius 2 is 2.00 bits per heavy atom. The summed E-state index contributed by atoms with van der Waals surface area (Å²) in [4.78, 5) is 0. The van der Waals surface area contributed by atoms with Crippen LogP contribution in [-0.4, -0.2) is 40.5 Å². The molecule has 0 bridgehead atoms. The van der Waals surface area contributed by atoms with Gasteiger partial charge in [-0.2, -0.15) is 0 Å². The predicted octanol–water partition coefficient (Wildman–Crippen LogP) is -0.266. The Hall–Kier alpha value is 0.170. The molecule has 1 aliphatic heterocycles. The van der Waals surface area contributed by atoms with Crippen molar-refractivity contribution >= 4 is 11.6 Å². The second-order valence-electron chi connectivity index (χ2n) is 2.52. The zero-order chi connectivity index (χ0) is 7.72. The third-order valence-electron chi connectivity index (χ3n) is 1.75. The summed E-state index contributed by atoms with van der Waals surface area (Å²) in [5.41, 5.74) is 0. The summed E-state index contributed by atoms with van der Waals surface area (Å²) >= 11 is 5.44. The molecule has 0 amide bonds. The lowest BCUT2D eigenvalue weighted by atomic mass is 10.1. The minimum absolute atomic E-state index is 0.225. The lowest BCUT2D eigenvalue weighted by Crippen LogP contribution is -2.32. The molecule has 1 fully saturated rings. The molecule has 10 heavy (non-hydrogen) atoms. The summed E-state index contributed by atoms with van der Waals surface area (Å²) in [7, 11) is 0. The first-order valence-electron chi connectivity index (χ1n) is 3.24. The van der Waals surface area contributed by atoms with Gasteiger partial charge in [-0.25, -0.2) is 0 Å². The van der Waals surface area contributed by atoms with Crippen molar-refractivity contribution < 1.29 is 14.9 Å². The maximum atomic E-state index is 9.17. The molecule has 4 atom stereocenters. The number of aliphatic hydroxyl groups is 2.